The van der Waals surface area contributed by atoms with E-state index < -0.39 is 10.1 Å². The van der Waals surface area contributed by atoms with E-state index in [0.29, 0.717) is 33.0 Å². The second-order valence-electron chi connectivity index (χ2n) is 7.70. The Balaban J connectivity index is 1.97. The number of nitrogens with one attached hydrogen (secondary N) is 1. The van der Waals surface area contributed by atoms with E-state index in [4.69, 9.17) is 18.4 Å². The maximum Gasteiger partial charge on any atom is 0.297 e. The van der Waals surface area contributed by atoms with Crippen LogP contribution in [0.5, 0.6) is 0 Å². The molecule has 9 heteroatoms. The third-order valence-electron chi connectivity index (χ3n) is 3.57. The second-order valence-corrected chi connectivity index (χ2v) is 9.32. The first-order valence-corrected chi connectivity index (χ1v) is 11.0. The Morgan fingerprint density at radius 3 is 1.97 bits per heavy atom. The lowest BCUT2D eigenvalue weighted by molar-refractivity contribution is -0.126. The maximum absolute atomic E-state index is 12.0. The van der Waals surface area contributed by atoms with Crippen molar-refractivity contribution in [3.8, 4) is 0 Å². The summed E-state index contributed by atoms with van der Waals surface area (Å²) >= 11 is 0. The van der Waals surface area contributed by atoms with Gasteiger partial charge in [-0.3, -0.25) is 8.98 Å². The molecule has 8 nitrogen and oxygen atoms in total. The van der Waals surface area contributed by atoms with Crippen LogP contribution in [-0.2, 0) is 33.3 Å². The number of rotatable bonds is 14. The Labute approximate surface area is 174 Å². The van der Waals surface area contributed by atoms with Gasteiger partial charge in [0, 0.05) is 6.54 Å². The highest BCUT2D eigenvalue weighted by atomic mass is 32.2. The van der Waals surface area contributed by atoms with Crippen LogP contribution in [0, 0.1) is 12.3 Å². The maximum atomic E-state index is 12.0. The van der Waals surface area contributed by atoms with Crippen LogP contribution < -0.4 is 5.32 Å². The highest BCUT2D eigenvalue weighted by Crippen LogP contribution is 2.13. The third kappa shape index (κ3) is 12.6. The van der Waals surface area contributed by atoms with Gasteiger partial charge in [-0.25, -0.2) is 0 Å². The monoisotopic (exact) mass is 431 g/mol. The molecule has 0 fully saturated rings. The van der Waals surface area contributed by atoms with Crippen LogP contribution in [0.4, 0.5) is 0 Å². The Hall–Kier alpha value is -1.52. The molecule has 0 aliphatic rings. The lowest BCUT2D eigenvalue weighted by Gasteiger charge is -2.18. The molecular formula is C20H33NO7S. The molecule has 0 saturated carbocycles. The van der Waals surface area contributed by atoms with Crippen LogP contribution in [0.25, 0.3) is 0 Å². The Bertz CT molecular complexity index is 697. The van der Waals surface area contributed by atoms with Crippen molar-refractivity contribution in [3.63, 3.8) is 0 Å². The number of hydrogen-bond donors (Lipinski definition) is 1. The first-order chi connectivity index (χ1) is 13.6. The predicted octanol–water partition coefficient (Wildman–Crippen LogP) is 1.91. The Morgan fingerprint density at radius 2 is 1.41 bits per heavy atom. The van der Waals surface area contributed by atoms with Crippen molar-refractivity contribution < 1.29 is 31.6 Å². The number of carbonyl (C=O) groups excluding carboxylic acids is 1. The summed E-state index contributed by atoms with van der Waals surface area (Å²) in [6.07, 6.45) is 0. The molecular weight excluding hydrogens is 398 g/mol. The van der Waals surface area contributed by atoms with Gasteiger partial charge in [-0.2, -0.15) is 8.42 Å². The number of carbonyl (C=O) groups is 1. The molecule has 1 amide bonds. The van der Waals surface area contributed by atoms with Gasteiger partial charge < -0.3 is 19.5 Å². The normalized spacial score (nSPS) is 12.1. The number of aryl methyl sites for hydroxylation is 1. The fraction of sp³-hybridized carbons (Fsp3) is 0.650. The highest BCUT2D eigenvalue weighted by molar-refractivity contribution is 7.86. The lowest BCUT2D eigenvalue weighted by Crippen LogP contribution is -2.34. The Morgan fingerprint density at radius 1 is 0.897 bits per heavy atom. The van der Waals surface area contributed by atoms with Crippen molar-refractivity contribution in [1.82, 2.24) is 5.32 Å². The molecule has 0 radical (unpaired) electrons. The molecule has 0 spiro atoms. The first kappa shape index (κ1) is 25.5. The van der Waals surface area contributed by atoms with Crippen molar-refractivity contribution in [3.05, 3.63) is 29.8 Å². The zero-order chi connectivity index (χ0) is 21.8. The van der Waals surface area contributed by atoms with Gasteiger partial charge in [-0.15, -0.1) is 0 Å². The van der Waals surface area contributed by atoms with E-state index in [1.54, 1.807) is 12.1 Å². The quantitative estimate of drug-likeness (QED) is 0.355. The summed E-state index contributed by atoms with van der Waals surface area (Å²) in [7, 11) is -3.76. The minimum Gasteiger partial charge on any atom is -0.377 e. The molecule has 1 N–H and O–H groups in total. The van der Waals surface area contributed by atoms with E-state index in [1.165, 1.54) is 12.1 Å². The van der Waals surface area contributed by atoms with Crippen molar-refractivity contribution in [1.29, 1.82) is 0 Å². The molecule has 1 aromatic carbocycles. The van der Waals surface area contributed by atoms with E-state index in [-0.39, 0.29) is 36.0 Å². The average Bonchev–Trinajstić information content (AvgIpc) is 2.64. The molecule has 0 aliphatic carbocycles. The molecule has 0 unspecified atom stereocenters. The van der Waals surface area contributed by atoms with Gasteiger partial charge in [0.15, 0.2) is 0 Å². The molecule has 0 heterocycles. The van der Waals surface area contributed by atoms with Gasteiger partial charge in [-0.05, 0) is 24.5 Å². The standard InChI is InChI=1S/C20H33NO7S/c1-17-5-7-18(8-6-17)29(23,24)28-14-13-26-10-9-25-11-12-27-15-19(22)21-16-20(2,3)4/h5-8H,9-16H2,1-4H3,(H,21,22). The minimum absolute atomic E-state index is 0.00271. The lowest BCUT2D eigenvalue weighted by atomic mass is 9.97. The summed E-state index contributed by atoms with van der Waals surface area (Å²) in [6.45, 7) is 9.96. The van der Waals surface area contributed by atoms with Gasteiger partial charge in [0.25, 0.3) is 10.1 Å². The number of ether oxygens (including phenoxy) is 3. The van der Waals surface area contributed by atoms with Gasteiger partial charge in [0.2, 0.25) is 5.91 Å². The smallest absolute Gasteiger partial charge is 0.297 e. The van der Waals surface area contributed by atoms with Crippen molar-refractivity contribution in [2.45, 2.75) is 32.6 Å². The molecule has 166 valence electrons. The van der Waals surface area contributed by atoms with Crippen LogP contribution in [0.2, 0.25) is 0 Å². The second kappa shape index (κ2) is 12.9. The van der Waals surface area contributed by atoms with Crippen LogP contribution in [0.1, 0.15) is 26.3 Å². The van der Waals surface area contributed by atoms with Crippen molar-refractivity contribution >= 4 is 16.0 Å². The van der Waals surface area contributed by atoms with Crippen LogP contribution in [0.3, 0.4) is 0 Å². The molecule has 0 atom stereocenters. The number of benzene rings is 1. The fourth-order valence-corrected chi connectivity index (χ4v) is 2.89. The third-order valence-corrected chi connectivity index (χ3v) is 4.90. The van der Waals surface area contributed by atoms with E-state index in [0.717, 1.165) is 5.56 Å². The summed E-state index contributed by atoms with van der Waals surface area (Å²) in [6, 6.07) is 6.45. The summed E-state index contributed by atoms with van der Waals surface area (Å²) in [5, 5.41) is 2.80. The van der Waals surface area contributed by atoms with E-state index in [2.05, 4.69) is 5.32 Å². The number of hydrogen-bond acceptors (Lipinski definition) is 7. The fourth-order valence-electron chi connectivity index (χ4n) is 2.00. The zero-order valence-electron chi connectivity index (χ0n) is 17.7. The molecule has 1 aromatic rings. The summed E-state index contributed by atoms with van der Waals surface area (Å²) in [5.41, 5.74) is 1.01. The molecule has 0 bridgehead atoms. The van der Waals surface area contributed by atoms with Crippen LogP contribution >= 0.6 is 0 Å². The SMILES string of the molecule is Cc1ccc(S(=O)(=O)OCCOCCOCCOCC(=O)NCC(C)(C)C)cc1. The van der Waals surface area contributed by atoms with Crippen molar-refractivity contribution in [2.75, 3.05) is 52.8 Å². The summed E-state index contributed by atoms with van der Waals surface area (Å²) in [5.74, 6) is -0.149. The van der Waals surface area contributed by atoms with Gasteiger partial charge in [0.1, 0.15) is 6.61 Å². The molecule has 0 saturated heterocycles. The average molecular weight is 432 g/mol. The van der Waals surface area contributed by atoms with E-state index in [1.807, 2.05) is 27.7 Å². The number of amides is 1. The van der Waals surface area contributed by atoms with Crippen LogP contribution in [-0.4, -0.2) is 67.1 Å². The predicted molar refractivity (Wildman–Crippen MR) is 109 cm³/mol. The van der Waals surface area contributed by atoms with Gasteiger partial charge in [-0.1, -0.05) is 38.5 Å². The summed E-state index contributed by atoms with van der Waals surface area (Å²) < 4.78 is 44.7. The first-order valence-electron chi connectivity index (χ1n) is 9.56. The Kier molecular flexibility index (Phi) is 11.4. The molecule has 0 aromatic heterocycles. The van der Waals surface area contributed by atoms with E-state index >= 15 is 0 Å². The van der Waals surface area contributed by atoms with Crippen molar-refractivity contribution in [2.24, 2.45) is 5.41 Å². The van der Waals surface area contributed by atoms with E-state index in [9.17, 15) is 13.2 Å². The van der Waals surface area contributed by atoms with Crippen LogP contribution in [0.15, 0.2) is 29.2 Å². The topological polar surface area (TPSA) is 100 Å². The minimum atomic E-state index is -3.76. The molecule has 0 aliphatic heterocycles. The molecule has 29 heavy (non-hydrogen) atoms. The largest absolute Gasteiger partial charge is 0.377 e. The highest BCUT2D eigenvalue weighted by Gasteiger charge is 2.14. The summed E-state index contributed by atoms with van der Waals surface area (Å²) in [4.78, 5) is 11.7. The zero-order valence-corrected chi connectivity index (χ0v) is 18.5. The van der Waals surface area contributed by atoms with Gasteiger partial charge >= 0.3 is 0 Å². The molecule has 1 rings (SSSR count). The van der Waals surface area contributed by atoms with Gasteiger partial charge in [0.05, 0.1) is 44.5 Å².